The molecule has 0 saturated heterocycles. The van der Waals surface area contributed by atoms with Gasteiger partial charge in [0.15, 0.2) is 5.65 Å². The Balaban J connectivity index is 0.000000559. The molecule has 0 radical (unpaired) electrons. The molecule has 5 aromatic rings. The van der Waals surface area contributed by atoms with Gasteiger partial charge in [-0.25, -0.2) is 28.2 Å². The van der Waals surface area contributed by atoms with Crippen LogP contribution in [0, 0.1) is 0 Å². The Morgan fingerprint density at radius 3 is 2.13 bits per heavy atom. The van der Waals surface area contributed by atoms with E-state index in [9.17, 15) is 31.5 Å². The van der Waals surface area contributed by atoms with Crippen LogP contribution in [-0.2, 0) is 26.2 Å². The summed E-state index contributed by atoms with van der Waals surface area (Å²) in [7, 11) is -4.23. The minimum atomic E-state index is -5.08. The van der Waals surface area contributed by atoms with Crippen LogP contribution in [0.1, 0.15) is 17.9 Å². The van der Waals surface area contributed by atoms with Crippen LogP contribution in [0.5, 0.6) is 0 Å². The number of alkyl halides is 3. The summed E-state index contributed by atoms with van der Waals surface area (Å²) in [6.07, 6.45) is -0.398. The van der Waals surface area contributed by atoms with Gasteiger partial charge in [0, 0.05) is 24.0 Å². The predicted molar refractivity (Wildman–Crippen MR) is 164 cm³/mol. The van der Waals surface area contributed by atoms with Gasteiger partial charge < -0.3 is 14.8 Å². The number of carboxylic acid groups (broad SMARTS) is 2. The molecule has 244 valence electrons. The summed E-state index contributed by atoms with van der Waals surface area (Å²) in [5, 5.41) is 18.2. The topological polar surface area (TPSA) is 156 Å². The van der Waals surface area contributed by atoms with Crippen LogP contribution in [0.25, 0.3) is 22.3 Å². The van der Waals surface area contributed by atoms with E-state index < -0.39 is 39.6 Å². The van der Waals surface area contributed by atoms with Crippen molar-refractivity contribution in [3.63, 3.8) is 0 Å². The number of fused-ring (bicyclic) bond motifs is 1. The van der Waals surface area contributed by atoms with Gasteiger partial charge in [0.1, 0.15) is 17.4 Å². The van der Waals surface area contributed by atoms with Crippen LogP contribution in [-0.4, -0.2) is 72.7 Å². The Morgan fingerprint density at radius 1 is 0.957 bits per heavy atom. The fourth-order valence-corrected chi connectivity index (χ4v) is 7.14. The highest BCUT2D eigenvalue weighted by Crippen LogP contribution is 2.57. The maximum Gasteiger partial charge on any atom is 0.490 e. The predicted octanol–water partition coefficient (Wildman–Crippen LogP) is 5.48. The van der Waals surface area contributed by atoms with Crippen molar-refractivity contribution in [3.05, 3.63) is 108 Å². The van der Waals surface area contributed by atoms with Gasteiger partial charge in [-0.1, -0.05) is 66.2 Å². The summed E-state index contributed by atoms with van der Waals surface area (Å²) in [5.74, 6) is -4.43. The highest BCUT2D eigenvalue weighted by Gasteiger charge is 2.67. The molecule has 1 aliphatic rings. The Bertz CT molecular complexity index is 2010. The minimum absolute atomic E-state index is 0.0161. The fourth-order valence-electron chi connectivity index (χ4n) is 5.25. The number of sulfonamides is 1. The zero-order valence-electron chi connectivity index (χ0n) is 24.1. The lowest BCUT2D eigenvalue weighted by Crippen LogP contribution is -2.49. The zero-order valence-corrected chi connectivity index (χ0v) is 25.7. The standard InChI is InChI=1S/C29H24ClN5O4S.C2HF3O2/c30-23-10-6-20(7-11-23)21-8-12-24(13-9-21)40(38,39)35(15-14-34-19-33-26-17-31-18-32-27(26)34)29(28(36)37)16-25(29)22-4-2-1-3-5-22;3-2(4,5)1(6)7/h1-13,17-19,25H,14-16H2,(H,36,37);(H,6,7)/t25-,29+;/m0./s1. The van der Waals surface area contributed by atoms with Gasteiger partial charge in [0.2, 0.25) is 10.0 Å². The molecule has 1 saturated carbocycles. The maximum absolute atomic E-state index is 14.2. The Kier molecular flexibility index (Phi) is 9.34. The number of aromatic nitrogens is 4. The van der Waals surface area contributed by atoms with E-state index in [1.165, 1.54) is 18.5 Å². The molecule has 0 bridgehead atoms. The smallest absolute Gasteiger partial charge is 0.480 e. The average molecular weight is 688 g/mol. The van der Waals surface area contributed by atoms with E-state index in [1.54, 1.807) is 41.4 Å². The van der Waals surface area contributed by atoms with Crippen molar-refractivity contribution in [3.8, 4) is 11.1 Å². The second-order valence-electron chi connectivity index (χ2n) is 10.5. The summed E-state index contributed by atoms with van der Waals surface area (Å²) < 4.78 is 63.0. The van der Waals surface area contributed by atoms with Crippen LogP contribution in [0.3, 0.4) is 0 Å². The number of rotatable bonds is 9. The normalized spacial score (nSPS) is 17.6. The molecule has 2 N–H and O–H groups in total. The van der Waals surface area contributed by atoms with Gasteiger partial charge in [0.05, 0.1) is 17.4 Å². The number of carbonyl (C=O) groups is 2. The summed E-state index contributed by atoms with van der Waals surface area (Å²) in [5.41, 5.74) is 1.96. The van der Waals surface area contributed by atoms with Gasteiger partial charge in [-0.15, -0.1) is 0 Å². The molecule has 2 aromatic heterocycles. The molecular formula is C31H25ClF3N5O6S. The lowest BCUT2D eigenvalue weighted by molar-refractivity contribution is -0.192. The van der Waals surface area contributed by atoms with Crippen LogP contribution in [0.2, 0.25) is 5.02 Å². The van der Waals surface area contributed by atoms with Gasteiger partial charge in [-0.2, -0.15) is 17.5 Å². The van der Waals surface area contributed by atoms with Gasteiger partial charge in [0.25, 0.3) is 0 Å². The molecule has 47 heavy (non-hydrogen) atoms. The first-order valence-electron chi connectivity index (χ1n) is 13.8. The van der Waals surface area contributed by atoms with Gasteiger partial charge >= 0.3 is 18.1 Å². The van der Waals surface area contributed by atoms with Crippen molar-refractivity contribution in [2.24, 2.45) is 0 Å². The SMILES string of the molecule is O=C(O)C(F)(F)F.O=C(O)[C@@]1(N(CCn2cnc3cncnc32)S(=O)(=O)c2ccc(-c3ccc(Cl)cc3)cc2)C[C@H]1c1ccccc1. The average Bonchev–Trinajstić information content (AvgIpc) is 3.67. The largest absolute Gasteiger partial charge is 0.490 e. The summed E-state index contributed by atoms with van der Waals surface area (Å²) in [4.78, 5) is 34.3. The summed E-state index contributed by atoms with van der Waals surface area (Å²) >= 11 is 6.00. The minimum Gasteiger partial charge on any atom is -0.480 e. The lowest BCUT2D eigenvalue weighted by atomic mass is 10.1. The van der Waals surface area contributed by atoms with Gasteiger partial charge in [-0.05, 0) is 47.4 Å². The molecule has 0 spiro atoms. The fraction of sp³-hybridized carbons (Fsp3) is 0.194. The van der Waals surface area contributed by atoms with Crippen LogP contribution in [0.15, 0.2) is 103 Å². The second kappa shape index (κ2) is 13.1. The van der Waals surface area contributed by atoms with Crippen LogP contribution < -0.4 is 0 Å². The number of halogens is 4. The van der Waals surface area contributed by atoms with E-state index in [0.717, 1.165) is 21.0 Å². The van der Waals surface area contributed by atoms with Crippen molar-refractivity contribution in [1.82, 2.24) is 23.8 Å². The van der Waals surface area contributed by atoms with Crippen LogP contribution in [0.4, 0.5) is 13.2 Å². The number of nitrogens with zero attached hydrogens (tertiary/aromatic N) is 5. The van der Waals surface area contributed by atoms with Gasteiger partial charge in [-0.3, -0.25) is 4.79 Å². The molecular weight excluding hydrogens is 663 g/mol. The van der Waals surface area contributed by atoms with E-state index in [2.05, 4.69) is 15.0 Å². The number of hydrogen-bond donors (Lipinski definition) is 2. The van der Waals surface area contributed by atoms with E-state index in [4.69, 9.17) is 21.5 Å². The third-order valence-corrected chi connectivity index (χ3v) is 9.84. The first-order chi connectivity index (χ1) is 22.2. The third-order valence-electron chi connectivity index (χ3n) is 7.64. The van der Waals surface area contributed by atoms with Crippen molar-refractivity contribution in [2.75, 3.05) is 6.54 Å². The molecule has 2 atom stereocenters. The molecule has 3 aromatic carbocycles. The zero-order chi connectivity index (χ0) is 34.0. The first-order valence-corrected chi connectivity index (χ1v) is 15.6. The second-order valence-corrected chi connectivity index (χ2v) is 12.8. The third kappa shape index (κ3) is 6.96. The number of carboxylic acids is 2. The molecule has 0 amide bonds. The summed E-state index contributed by atoms with van der Waals surface area (Å²) in [6, 6.07) is 22.9. The molecule has 1 fully saturated rings. The lowest BCUT2D eigenvalue weighted by Gasteiger charge is -2.30. The maximum atomic E-state index is 14.2. The van der Waals surface area contributed by atoms with Crippen LogP contribution >= 0.6 is 11.6 Å². The van der Waals surface area contributed by atoms with E-state index in [0.29, 0.717) is 16.2 Å². The van der Waals surface area contributed by atoms with Crippen molar-refractivity contribution < 1.29 is 41.4 Å². The Hall–Kier alpha value is -4.86. The molecule has 2 heterocycles. The number of aliphatic carboxylic acids is 2. The number of imidazole rings is 1. The summed E-state index contributed by atoms with van der Waals surface area (Å²) in [6.45, 7) is 0.0680. The van der Waals surface area contributed by atoms with Crippen molar-refractivity contribution in [2.45, 2.75) is 35.5 Å². The van der Waals surface area contributed by atoms with E-state index >= 15 is 0 Å². The van der Waals surface area contributed by atoms with E-state index in [1.807, 2.05) is 42.5 Å². The van der Waals surface area contributed by atoms with Crippen molar-refractivity contribution >= 4 is 44.7 Å². The number of hydrogen-bond acceptors (Lipinski definition) is 7. The highest BCUT2D eigenvalue weighted by molar-refractivity contribution is 7.89. The van der Waals surface area contributed by atoms with Crippen molar-refractivity contribution in [1.29, 1.82) is 0 Å². The Labute approximate surface area is 271 Å². The van der Waals surface area contributed by atoms with E-state index in [-0.39, 0.29) is 24.4 Å². The first kappa shape index (κ1) is 33.5. The molecule has 1 aliphatic carbocycles. The molecule has 16 heteroatoms. The highest BCUT2D eigenvalue weighted by atomic mass is 35.5. The quantitative estimate of drug-likeness (QED) is 0.205. The molecule has 0 unspecified atom stereocenters. The molecule has 6 rings (SSSR count). The molecule has 11 nitrogen and oxygen atoms in total. The Morgan fingerprint density at radius 2 is 1.55 bits per heavy atom. The molecule has 0 aliphatic heterocycles. The number of benzene rings is 3. The monoisotopic (exact) mass is 687 g/mol.